The van der Waals surface area contributed by atoms with Crippen molar-refractivity contribution < 1.29 is 22.4 Å². The van der Waals surface area contributed by atoms with E-state index in [1.807, 2.05) is 29.8 Å². The summed E-state index contributed by atoms with van der Waals surface area (Å²) in [5, 5.41) is 3.06. The van der Waals surface area contributed by atoms with Crippen LogP contribution in [0.25, 0.3) is 21.9 Å². The number of amides is 2. The molecule has 2 amide bonds. The zero-order valence-corrected chi connectivity index (χ0v) is 23.3. The average molecular weight is 573 g/mol. The van der Waals surface area contributed by atoms with Crippen LogP contribution >= 0.6 is 0 Å². The molecule has 1 fully saturated rings. The van der Waals surface area contributed by atoms with Gasteiger partial charge < -0.3 is 24.9 Å². The van der Waals surface area contributed by atoms with E-state index in [2.05, 4.69) is 15.3 Å². The number of nitrogens with zero attached hydrogens (tertiary/aromatic N) is 4. The van der Waals surface area contributed by atoms with Crippen molar-refractivity contribution in [3.05, 3.63) is 78.1 Å². The fourth-order valence-corrected chi connectivity index (χ4v) is 7.37. The van der Waals surface area contributed by atoms with E-state index in [1.54, 1.807) is 42.4 Å². The Balaban J connectivity index is 1.38. The third-order valence-electron chi connectivity index (χ3n) is 7.55. The van der Waals surface area contributed by atoms with Crippen LogP contribution in [-0.4, -0.2) is 58.0 Å². The minimum atomic E-state index is -3.84. The number of primary amides is 1. The first-order valence-corrected chi connectivity index (χ1v) is 14.7. The molecule has 0 saturated carbocycles. The number of benzene rings is 2. The lowest BCUT2D eigenvalue weighted by Gasteiger charge is -2.31. The number of carbonyl (C=O) groups excluding carboxylic acids is 2. The number of likely N-dealkylation sites (tertiary alicyclic amines) is 1. The normalized spacial score (nSPS) is 14.5. The molecule has 5 aromatic rings. The van der Waals surface area contributed by atoms with Gasteiger partial charge in [-0.3, -0.25) is 14.6 Å². The minimum absolute atomic E-state index is 0.0875. The Morgan fingerprint density at radius 2 is 1.88 bits per heavy atom. The number of piperidine rings is 1. The standard InChI is InChI=1S/C29H28N6O5S/c1-17-12-20-26(33-18-5-6-22-23(14-18)34(2)16-32-22)21(28(30)36)15-31-27(20)25(13-17)41(38,39)19-7-9-35(10-8-19)29(37)24-4-3-11-40-24/h3-6,11-16,19H,7-10H2,1-2H3,(H2,30,36)(H,31,33). The van der Waals surface area contributed by atoms with Gasteiger partial charge in [-0.15, -0.1) is 0 Å². The van der Waals surface area contributed by atoms with Crippen LogP contribution in [0.3, 0.4) is 0 Å². The number of hydrogen-bond acceptors (Lipinski definition) is 8. The lowest BCUT2D eigenvalue weighted by atomic mass is 10.1. The molecule has 12 heteroatoms. The van der Waals surface area contributed by atoms with E-state index < -0.39 is 21.0 Å². The number of fused-ring (bicyclic) bond motifs is 2. The van der Waals surface area contributed by atoms with Gasteiger partial charge in [-0.1, -0.05) is 0 Å². The highest BCUT2D eigenvalue weighted by Crippen LogP contribution is 2.36. The van der Waals surface area contributed by atoms with Crippen molar-refractivity contribution in [3.8, 4) is 0 Å². The topological polar surface area (TPSA) is 153 Å². The predicted molar refractivity (Wildman–Crippen MR) is 154 cm³/mol. The molecular formula is C29H28N6O5S. The molecule has 0 radical (unpaired) electrons. The van der Waals surface area contributed by atoms with Gasteiger partial charge in [0.25, 0.3) is 11.8 Å². The summed E-state index contributed by atoms with van der Waals surface area (Å²) in [5.74, 6) is -0.719. The zero-order chi connectivity index (χ0) is 28.9. The van der Waals surface area contributed by atoms with Gasteiger partial charge in [-0.25, -0.2) is 13.4 Å². The zero-order valence-electron chi connectivity index (χ0n) is 22.5. The van der Waals surface area contributed by atoms with E-state index in [9.17, 15) is 18.0 Å². The summed E-state index contributed by atoms with van der Waals surface area (Å²) in [7, 11) is -1.96. The Hall–Kier alpha value is -4.71. The van der Waals surface area contributed by atoms with Crippen LogP contribution in [0.1, 0.15) is 39.3 Å². The van der Waals surface area contributed by atoms with Crippen LogP contribution in [0.2, 0.25) is 0 Å². The molecule has 2 aromatic carbocycles. The smallest absolute Gasteiger partial charge is 0.289 e. The van der Waals surface area contributed by atoms with Gasteiger partial charge in [0.15, 0.2) is 15.6 Å². The number of rotatable bonds is 6. The second-order valence-corrected chi connectivity index (χ2v) is 12.5. The van der Waals surface area contributed by atoms with E-state index in [1.165, 1.54) is 12.5 Å². The predicted octanol–water partition coefficient (Wildman–Crippen LogP) is 3.94. The molecule has 0 unspecified atom stereocenters. The highest BCUT2D eigenvalue weighted by Gasteiger charge is 2.35. The Kier molecular flexibility index (Phi) is 6.49. The molecule has 1 aliphatic rings. The Labute approximate surface area is 235 Å². The first kappa shape index (κ1) is 26.5. The van der Waals surface area contributed by atoms with Crippen molar-refractivity contribution in [1.82, 2.24) is 19.4 Å². The molecule has 3 aromatic heterocycles. The van der Waals surface area contributed by atoms with Crippen molar-refractivity contribution in [3.63, 3.8) is 0 Å². The van der Waals surface area contributed by atoms with Crippen molar-refractivity contribution >= 4 is 55.0 Å². The summed E-state index contributed by atoms with van der Waals surface area (Å²) in [4.78, 5) is 35.6. The van der Waals surface area contributed by atoms with Crippen molar-refractivity contribution in [2.45, 2.75) is 29.9 Å². The molecule has 210 valence electrons. The highest BCUT2D eigenvalue weighted by molar-refractivity contribution is 7.92. The van der Waals surface area contributed by atoms with Crippen molar-refractivity contribution in [1.29, 1.82) is 0 Å². The van der Waals surface area contributed by atoms with Crippen LogP contribution in [0.15, 0.2) is 70.6 Å². The summed E-state index contributed by atoms with van der Waals surface area (Å²) in [6.07, 6.45) is 5.01. The average Bonchev–Trinajstić information content (AvgIpc) is 3.63. The number of hydrogen-bond donors (Lipinski definition) is 2. The lowest BCUT2D eigenvalue weighted by Crippen LogP contribution is -2.42. The van der Waals surface area contributed by atoms with E-state index in [0.717, 1.165) is 11.0 Å². The number of imidazole rings is 1. The summed E-state index contributed by atoms with van der Waals surface area (Å²) in [5.41, 5.74) is 9.55. The number of sulfone groups is 1. The molecule has 1 aliphatic heterocycles. The lowest BCUT2D eigenvalue weighted by molar-refractivity contribution is 0.0693. The molecule has 4 heterocycles. The maximum atomic E-state index is 14.0. The van der Waals surface area contributed by atoms with Crippen LogP contribution in [-0.2, 0) is 16.9 Å². The van der Waals surface area contributed by atoms with E-state index >= 15 is 0 Å². The van der Waals surface area contributed by atoms with Crippen LogP contribution in [0, 0.1) is 6.92 Å². The molecule has 6 rings (SSSR count). The third kappa shape index (κ3) is 4.69. The first-order chi connectivity index (χ1) is 19.6. The SMILES string of the molecule is Cc1cc(S(=O)(=O)C2CCN(C(=O)c3ccco3)CC2)c2ncc(C(N)=O)c(Nc3ccc4ncn(C)c4c3)c2c1. The summed E-state index contributed by atoms with van der Waals surface area (Å²) < 4.78 is 35.1. The van der Waals surface area contributed by atoms with Gasteiger partial charge >= 0.3 is 0 Å². The fraction of sp³-hybridized carbons (Fsp3) is 0.241. The Bertz CT molecular complexity index is 1920. The quantitative estimate of drug-likeness (QED) is 0.310. The maximum absolute atomic E-state index is 14.0. The Morgan fingerprint density at radius 1 is 1.10 bits per heavy atom. The van der Waals surface area contributed by atoms with Gasteiger partial charge in [-0.2, -0.15) is 0 Å². The number of nitrogens with two attached hydrogens (primary N) is 1. The molecule has 11 nitrogen and oxygen atoms in total. The number of aromatic nitrogens is 3. The van der Waals surface area contributed by atoms with Gasteiger partial charge in [0.1, 0.15) is 0 Å². The van der Waals surface area contributed by atoms with Gasteiger partial charge in [0, 0.05) is 37.4 Å². The molecule has 3 N–H and O–H groups in total. The number of aryl methyl sites for hydroxylation is 2. The second-order valence-electron chi connectivity index (χ2n) is 10.3. The minimum Gasteiger partial charge on any atom is -0.459 e. The van der Waals surface area contributed by atoms with Gasteiger partial charge in [0.2, 0.25) is 0 Å². The van der Waals surface area contributed by atoms with Crippen molar-refractivity contribution in [2.24, 2.45) is 12.8 Å². The number of furan rings is 1. The number of carbonyl (C=O) groups is 2. The van der Waals surface area contributed by atoms with Crippen LogP contribution in [0.5, 0.6) is 0 Å². The molecule has 0 atom stereocenters. The summed E-state index contributed by atoms with van der Waals surface area (Å²) in [6.45, 7) is 2.37. The molecule has 1 saturated heterocycles. The van der Waals surface area contributed by atoms with Crippen LogP contribution in [0.4, 0.5) is 11.4 Å². The Morgan fingerprint density at radius 3 is 2.59 bits per heavy atom. The maximum Gasteiger partial charge on any atom is 0.289 e. The second kappa shape index (κ2) is 10.0. The molecule has 41 heavy (non-hydrogen) atoms. The highest BCUT2D eigenvalue weighted by atomic mass is 32.2. The summed E-state index contributed by atoms with van der Waals surface area (Å²) in [6, 6.07) is 12.2. The third-order valence-corrected chi connectivity index (χ3v) is 9.82. The number of anilines is 2. The van der Waals surface area contributed by atoms with E-state index in [-0.39, 0.29) is 53.6 Å². The number of nitrogens with one attached hydrogen (secondary N) is 1. The van der Waals surface area contributed by atoms with Crippen molar-refractivity contribution in [2.75, 3.05) is 18.4 Å². The summed E-state index contributed by atoms with van der Waals surface area (Å²) >= 11 is 0. The largest absolute Gasteiger partial charge is 0.459 e. The van der Waals surface area contributed by atoms with Gasteiger partial charge in [0.05, 0.1) is 50.5 Å². The fourth-order valence-electron chi connectivity index (χ4n) is 5.40. The molecular weight excluding hydrogens is 544 g/mol. The van der Waals surface area contributed by atoms with E-state index in [4.69, 9.17) is 10.2 Å². The van der Waals surface area contributed by atoms with E-state index in [0.29, 0.717) is 22.3 Å². The van der Waals surface area contributed by atoms with Crippen LogP contribution < -0.4 is 11.1 Å². The monoisotopic (exact) mass is 572 g/mol. The molecule has 0 aliphatic carbocycles. The molecule has 0 spiro atoms. The number of pyridine rings is 1. The van der Waals surface area contributed by atoms with Gasteiger partial charge in [-0.05, 0) is 67.8 Å². The molecule has 0 bridgehead atoms. The first-order valence-electron chi connectivity index (χ1n) is 13.1.